The zero-order valence-electron chi connectivity index (χ0n) is 15.6. The molecule has 1 amide bonds. The summed E-state index contributed by atoms with van der Waals surface area (Å²) in [6.07, 6.45) is 3.75. The van der Waals surface area contributed by atoms with Crippen LogP contribution in [0.5, 0.6) is 5.75 Å². The predicted octanol–water partition coefficient (Wildman–Crippen LogP) is 6.63. The van der Waals surface area contributed by atoms with Crippen molar-refractivity contribution >= 4 is 66.5 Å². The van der Waals surface area contributed by atoms with Crippen LogP contribution in [0.25, 0.3) is 6.08 Å². The van der Waals surface area contributed by atoms with Gasteiger partial charge in [-0.25, -0.2) is 4.99 Å². The fraction of sp³-hybridized carbons (Fsp3) is 0.238. The minimum Gasteiger partial charge on any atom is -0.506 e. The van der Waals surface area contributed by atoms with Gasteiger partial charge >= 0.3 is 0 Å². The number of nitrogens with zero attached hydrogens (tertiary/aromatic N) is 2. The molecule has 0 unspecified atom stereocenters. The summed E-state index contributed by atoms with van der Waals surface area (Å²) in [7, 11) is 0. The lowest BCUT2D eigenvalue weighted by Gasteiger charge is -2.14. The van der Waals surface area contributed by atoms with E-state index in [1.807, 2.05) is 37.3 Å². The molecule has 146 valence electrons. The molecule has 1 saturated heterocycles. The molecule has 0 bridgehead atoms. The quantitative estimate of drug-likeness (QED) is 0.447. The summed E-state index contributed by atoms with van der Waals surface area (Å²) < 4.78 is 1.14. The fourth-order valence-corrected chi connectivity index (χ4v) is 4.90. The molecule has 1 N–H and O–H groups in total. The number of benzene rings is 2. The molecule has 0 aromatic heterocycles. The van der Waals surface area contributed by atoms with Gasteiger partial charge in [-0.05, 0) is 92.9 Å². The van der Waals surface area contributed by atoms with E-state index >= 15 is 0 Å². The number of amides is 1. The standard InChI is InChI=1S/C21H20Br2N2O2S/c1-3-4-9-25-20(27)18(12-14-10-16(22)19(26)17(23)11-14)28-21(25)24-15-7-5-13(2)6-8-15/h5-8,10-12,26H,3-4,9H2,1-2H3/b18-12+,24-21?. The second kappa shape index (κ2) is 9.29. The molecule has 1 aliphatic rings. The average molecular weight is 524 g/mol. The molecule has 0 aliphatic carbocycles. The van der Waals surface area contributed by atoms with E-state index in [4.69, 9.17) is 4.99 Å². The van der Waals surface area contributed by atoms with E-state index < -0.39 is 0 Å². The van der Waals surface area contributed by atoms with Gasteiger partial charge in [-0.3, -0.25) is 9.69 Å². The maximum Gasteiger partial charge on any atom is 0.266 e. The smallest absolute Gasteiger partial charge is 0.266 e. The highest BCUT2D eigenvalue weighted by atomic mass is 79.9. The summed E-state index contributed by atoms with van der Waals surface area (Å²) in [6, 6.07) is 11.5. The Morgan fingerprint density at radius 1 is 1.18 bits per heavy atom. The van der Waals surface area contributed by atoms with Crippen LogP contribution in [-0.2, 0) is 4.79 Å². The van der Waals surface area contributed by atoms with Crippen molar-refractivity contribution in [2.24, 2.45) is 4.99 Å². The fourth-order valence-electron chi connectivity index (χ4n) is 2.65. The van der Waals surface area contributed by atoms with Gasteiger partial charge in [-0.15, -0.1) is 0 Å². The predicted molar refractivity (Wildman–Crippen MR) is 124 cm³/mol. The van der Waals surface area contributed by atoms with Crippen LogP contribution in [0.4, 0.5) is 5.69 Å². The minimum atomic E-state index is -0.0374. The summed E-state index contributed by atoms with van der Waals surface area (Å²) in [5, 5.41) is 10.6. The minimum absolute atomic E-state index is 0.0374. The Morgan fingerprint density at radius 2 is 1.82 bits per heavy atom. The van der Waals surface area contributed by atoms with E-state index in [9.17, 15) is 9.90 Å². The second-order valence-corrected chi connectivity index (χ2v) is 9.20. The number of carbonyl (C=O) groups is 1. The number of hydrogen-bond donors (Lipinski definition) is 1. The van der Waals surface area contributed by atoms with E-state index in [0.717, 1.165) is 24.1 Å². The number of hydrogen-bond acceptors (Lipinski definition) is 4. The summed E-state index contributed by atoms with van der Waals surface area (Å²) >= 11 is 8.05. The number of thioether (sulfide) groups is 1. The largest absolute Gasteiger partial charge is 0.506 e. The van der Waals surface area contributed by atoms with Crippen molar-refractivity contribution in [2.45, 2.75) is 26.7 Å². The molecule has 1 fully saturated rings. The third-order valence-corrected chi connectivity index (χ3v) is 6.43. The Bertz CT molecular complexity index is 932. The first-order valence-electron chi connectivity index (χ1n) is 8.94. The van der Waals surface area contributed by atoms with Crippen molar-refractivity contribution in [1.82, 2.24) is 4.90 Å². The van der Waals surface area contributed by atoms with E-state index in [2.05, 4.69) is 38.8 Å². The Balaban J connectivity index is 1.95. The molecular formula is C21H20Br2N2O2S. The molecule has 1 aliphatic heterocycles. The molecule has 7 heteroatoms. The molecule has 2 aromatic rings. The van der Waals surface area contributed by atoms with Gasteiger partial charge in [-0.1, -0.05) is 31.0 Å². The Labute approximate surface area is 186 Å². The molecule has 2 aromatic carbocycles. The summed E-state index contributed by atoms with van der Waals surface area (Å²) in [5.41, 5.74) is 2.82. The monoisotopic (exact) mass is 522 g/mol. The first-order valence-corrected chi connectivity index (χ1v) is 11.3. The normalized spacial score (nSPS) is 17.1. The Morgan fingerprint density at radius 3 is 2.43 bits per heavy atom. The van der Waals surface area contributed by atoms with Crippen LogP contribution in [0.15, 0.2) is 55.2 Å². The van der Waals surface area contributed by atoms with Crippen molar-refractivity contribution in [2.75, 3.05) is 6.54 Å². The van der Waals surface area contributed by atoms with Crippen molar-refractivity contribution in [3.63, 3.8) is 0 Å². The summed E-state index contributed by atoms with van der Waals surface area (Å²) in [4.78, 5) is 20.1. The first kappa shape index (κ1) is 21.1. The van der Waals surface area contributed by atoms with Gasteiger partial charge < -0.3 is 5.11 Å². The number of phenols is 1. The van der Waals surface area contributed by atoms with Gasteiger partial charge in [0.2, 0.25) is 0 Å². The SMILES string of the molecule is CCCCN1C(=O)/C(=C\c2cc(Br)c(O)c(Br)c2)SC1=Nc1ccc(C)cc1. The third kappa shape index (κ3) is 4.88. The number of aromatic hydroxyl groups is 1. The zero-order chi connectivity index (χ0) is 20.3. The van der Waals surface area contributed by atoms with E-state index in [-0.39, 0.29) is 11.7 Å². The third-order valence-electron chi connectivity index (χ3n) is 4.22. The van der Waals surface area contributed by atoms with Crippen LogP contribution in [0, 0.1) is 6.92 Å². The lowest BCUT2D eigenvalue weighted by atomic mass is 10.2. The molecule has 0 radical (unpaired) electrons. The maximum absolute atomic E-state index is 13.0. The highest BCUT2D eigenvalue weighted by molar-refractivity contribution is 9.11. The second-order valence-electron chi connectivity index (χ2n) is 6.48. The molecule has 3 rings (SSSR count). The number of rotatable bonds is 5. The van der Waals surface area contributed by atoms with Gasteiger partial charge in [0.05, 0.1) is 19.5 Å². The lowest BCUT2D eigenvalue weighted by Crippen LogP contribution is -2.30. The zero-order valence-corrected chi connectivity index (χ0v) is 19.6. The molecule has 4 nitrogen and oxygen atoms in total. The highest BCUT2D eigenvalue weighted by Gasteiger charge is 2.33. The molecule has 0 atom stereocenters. The molecule has 28 heavy (non-hydrogen) atoms. The first-order chi connectivity index (χ1) is 13.4. The maximum atomic E-state index is 13.0. The average Bonchev–Trinajstić information content (AvgIpc) is 2.94. The van der Waals surface area contributed by atoms with E-state index in [1.54, 1.807) is 17.0 Å². The topological polar surface area (TPSA) is 52.9 Å². The van der Waals surface area contributed by atoms with Gasteiger partial charge in [0.1, 0.15) is 5.75 Å². The number of halogens is 2. The van der Waals surface area contributed by atoms with Crippen LogP contribution in [0.3, 0.4) is 0 Å². The number of carbonyl (C=O) groups excluding carboxylic acids is 1. The number of unbranched alkanes of at least 4 members (excludes halogenated alkanes) is 1. The van der Waals surface area contributed by atoms with Crippen LogP contribution >= 0.6 is 43.6 Å². The van der Waals surface area contributed by atoms with Crippen LogP contribution < -0.4 is 0 Å². The number of aryl methyl sites for hydroxylation is 1. The highest BCUT2D eigenvalue weighted by Crippen LogP contribution is 2.37. The molecule has 1 heterocycles. The number of amidine groups is 1. The number of phenolic OH excluding ortho intramolecular Hbond substituents is 1. The Hall–Kier alpha value is -1.57. The lowest BCUT2D eigenvalue weighted by molar-refractivity contribution is -0.122. The van der Waals surface area contributed by atoms with Crippen LogP contribution in [0.1, 0.15) is 30.9 Å². The van der Waals surface area contributed by atoms with Crippen LogP contribution in [-0.4, -0.2) is 27.6 Å². The van der Waals surface area contributed by atoms with Gasteiger partial charge in [0.15, 0.2) is 5.17 Å². The van der Waals surface area contributed by atoms with Crippen molar-refractivity contribution in [3.05, 3.63) is 61.4 Å². The Kier molecular flexibility index (Phi) is 7.01. The molecular weight excluding hydrogens is 504 g/mol. The molecule has 0 spiro atoms. The number of aliphatic imine (C=N–C) groups is 1. The summed E-state index contributed by atoms with van der Waals surface area (Å²) in [6.45, 7) is 4.78. The van der Waals surface area contributed by atoms with Crippen molar-refractivity contribution in [3.8, 4) is 5.75 Å². The van der Waals surface area contributed by atoms with Gasteiger partial charge in [0, 0.05) is 6.54 Å². The molecule has 0 saturated carbocycles. The van der Waals surface area contributed by atoms with Crippen molar-refractivity contribution < 1.29 is 9.90 Å². The van der Waals surface area contributed by atoms with Crippen LogP contribution in [0.2, 0.25) is 0 Å². The summed E-state index contributed by atoms with van der Waals surface area (Å²) in [5.74, 6) is 0.100. The van der Waals surface area contributed by atoms with Gasteiger partial charge in [-0.2, -0.15) is 0 Å². The van der Waals surface area contributed by atoms with Crippen molar-refractivity contribution in [1.29, 1.82) is 0 Å². The van der Waals surface area contributed by atoms with Gasteiger partial charge in [0.25, 0.3) is 5.91 Å². The van der Waals surface area contributed by atoms with E-state index in [1.165, 1.54) is 17.3 Å². The van der Waals surface area contributed by atoms with E-state index in [0.29, 0.717) is 25.6 Å².